The molecule has 0 saturated heterocycles. The number of hydrogen-bond acceptors (Lipinski definition) is 5. The Balaban J connectivity index is 1.19. The Morgan fingerprint density at radius 3 is 2.09 bits per heavy atom. The monoisotopic (exact) mass is 603 g/mol. The van der Waals surface area contributed by atoms with Crippen molar-refractivity contribution in [3.8, 4) is 11.5 Å². The average molecular weight is 604 g/mol. The van der Waals surface area contributed by atoms with Crippen LogP contribution in [0.25, 0.3) is 0 Å². The van der Waals surface area contributed by atoms with Gasteiger partial charge in [0.25, 0.3) is 11.8 Å². The van der Waals surface area contributed by atoms with Gasteiger partial charge in [0.05, 0.1) is 36.6 Å². The Labute approximate surface area is 253 Å². The number of amides is 2. The van der Waals surface area contributed by atoms with Gasteiger partial charge in [-0.25, -0.2) is 0 Å². The van der Waals surface area contributed by atoms with Gasteiger partial charge in [0.2, 0.25) is 0 Å². The van der Waals surface area contributed by atoms with Gasteiger partial charge in [0.15, 0.2) is 11.5 Å². The fourth-order valence-corrected chi connectivity index (χ4v) is 5.28. The van der Waals surface area contributed by atoms with Crippen LogP contribution >= 0.6 is 0 Å². The molecule has 0 radical (unpaired) electrons. The normalized spacial score (nSPS) is 13.1. The molecule has 10 heteroatoms. The van der Waals surface area contributed by atoms with Crippen molar-refractivity contribution in [3.63, 3.8) is 0 Å². The number of nitrogens with zero attached hydrogens (tertiary/aromatic N) is 1. The Kier molecular flexibility index (Phi) is 9.20. The highest BCUT2D eigenvalue weighted by atomic mass is 19.4. The van der Waals surface area contributed by atoms with Gasteiger partial charge in [-0.1, -0.05) is 36.4 Å². The molecule has 4 aromatic rings. The maximum Gasteiger partial charge on any atom is 0.417 e. The van der Waals surface area contributed by atoms with E-state index in [1.165, 1.54) is 35.4 Å². The van der Waals surface area contributed by atoms with Crippen molar-refractivity contribution in [2.24, 2.45) is 0 Å². The SMILES string of the molecule is COc1cc2c(cc1OC)CN(CCc1ccc(NC(=O)c3ccccc3NC(=O)c3ccccc3C(F)(F)F)cc1)CC2. The summed E-state index contributed by atoms with van der Waals surface area (Å²) in [5.74, 6) is 0.00439. The minimum atomic E-state index is -4.70. The highest BCUT2D eigenvalue weighted by Crippen LogP contribution is 2.34. The first-order chi connectivity index (χ1) is 21.2. The Bertz CT molecular complexity index is 1650. The third-order valence-corrected chi connectivity index (χ3v) is 7.62. The number of hydrogen-bond donors (Lipinski definition) is 2. The van der Waals surface area contributed by atoms with Crippen LogP contribution in [-0.2, 0) is 25.6 Å². The van der Waals surface area contributed by atoms with Crippen LogP contribution in [0.4, 0.5) is 24.5 Å². The van der Waals surface area contributed by atoms with E-state index in [4.69, 9.17) is 9.47 Å². The molecule has 0 spiro atoms. The second-order valence-corrected chi connectivity index (χ2v) is 10.4. The number of nitrogens with one attached hydrogen (secondary N) is 2. The minimum absolute atomic E-state index is 0.0998. The second-order valence-electron chi connectivity index (χ2n) is 10.4. The van der Waals surface area contributed by atoms with Gasteiger partial charge in [0.1, 0.15) is 0 Å². The standard InChI is InChI=1S/C34H32F3N3O4/c1-43-30-19-23-16-18-40(21-24(23)20-31(30)44-2)17-15-22-11-13-25(14-12-22)38-33(42)27-8-4-6-10-29(27)39-32(41)26-7-3-5-9-28(26)34(35,36)37/h3-14,19-20H,15-18,21H2,1-2H3,(H,38,42)(H,39,41). The van der Waals surface area contributed by atoms with Crippen LogP contribution in [0.1, 0.15) is 43.0 Å². The molecular weight excluding hydrogens is 571 g/mol. The lowest BCUT2D eigenvalue weighted by Gasteiger charge is -2.29. The summed E-state index contributed by atoms with van der Waals surface area (Å²) in [6.07, 6.45) is -2.94. The summed E-state index contributed by atoms with van der Waals surface area (Å²) in [6, 6.07) is 22.3. The molecule has 0 fully saturated rings. The molecule has 0 aliphatic carbocycles. The van der Waals surface area contributed by atoms with Crippen molar-refractivity contribution in [1.82, 2.24) is 4.90 Å². The number of fused-ring (bicyclic) bond motifs is 1. The van der Waals surface area contributed by atoms with Crippen LogP contribution in [0.2, 0.25) is 0 Å². The summed E-state index contributed by atoms with van der Waals surface area (Å²) < 4.78 is 51.1. The van der Waals surface area contributed by atoms with E-state index in [-0.39, 0.29) is 11.3 Å². The van der Waals surface area contributed by atoms with Crippen LogP contribution < -0.4 is 20.1 Å². The van der Waals surface area contributed by atoms with E-state index in [0.29, 0.717) is 5.69 Å². The lowest BCUT2D eigenvalue weighted by molar-refractivity contribution is -0.137. The summed E-state index contributed by atoms with van der Waals surface area (Å²) >= 11 is 0. The molecule has 7 nitrogen and oxygen atoms in total. The first-order valence-corrected chi connectivity index (χ1v) is 14.1. The first kappa shape index (κ1) is 30.6. The molecule has 2 N–H and O–H groups in total. The van der Waals surface area contributed by atoms with E-state index in [0.717, 1.165) is 61.7 Å². The molecule has 5 rings (SSSR count). The maximum absolute atomic E-state index is 13.4. The molecule has 0 saturated carbocycles. The van der Waals surface area contributed by atoms with Gasteiger partial charge in [-0.05, 0) is 78.1 Å². The van der Waals surface area contributed by atoms with Crippen LogP contribution in [0.15, 0.2) is 84.9 Å². The van der Waals surface area contributed by atoms with Gasteiger partial charge >= 0.3 is 6.18 Å². The number of carbonyl (C=O) groups is 2. The number of anilines is 2. The Morgan fingerprint density at radius 1 is 0.795 bits per heavy atom. The van der Waals surface area contributed by atoms with Crippen molar-refractivity contribution in [3.05, 3.63) is 118 Å². The van der Waals surface area contributed by atoms with Gasteiger partial charge in [-0.3, -0.25) is 14.5 Å². The summed E-state index contributed by atoms with van der Waals surface area (Å²) in [6.45, 7) is 2.62. The number of methoxy groups -OCH3 is 2. The number of carbonyl (C=O) groups excluding carboxylic acids is 2. The van der Waals surface area contributed by atoms with Crippen LogP contribution in [0.5, 0.6) is 11.5 Å². The first-order valence-electron chi connectivity index (χ1n) is 14.1. The molecule has 1 aliphatic rings. The van der Waals surface area contributed by atoms with E-state index in [9.17, 15) is 22.8 Å². The predicted molar refractivity (Wildman–Crippen MR) is 162 cm³/mol. The Morgan fingerprint density at radius 2 is 1.41 bits per heavy atom. The summed E-state index contributed by atoms with van der Waals surface area (Å²) in [5.41, 5.74) is 2.80. The molecule has 2 amide bonds. The summed E-state index contributed by atoms with van der Waals surface area (Å²) in [5, 5.41) is 5.27. The predicted octanol–water partition coefficient (Wildman–Crippen LogP) is 6.83. The molecule has 0 unspecified atom stereocenters. The fourth-order valence-electron chi connectivity index (χ4n) is 5.28. The number of halogens is 3. The quantitative estimate of drug-likeness (QED) is 0.219. The number of rotatable bonds is 9. The molecule has 44 heavy (non-hydrogen) atoms. The largest absolute Gasteiger partial charge is 0.493 e. The van der Waals surface area contributed by atoms with Gasteiger partial charge < -0.3 is 20.1 Å². The van der Waals surface area contributed by atoms with Crippen LogP contribution in [0, 0.1) is 0 Å². The lowest BCUT2D eigenvalue weighted by Crippen LogP contribution is -2.32. The molecule has 4 aromatic carbocycles. The average Bonchev–Trinajstić information content (AvgIpc) is 3.03. The van der Waals surface area contributed by atoms with Gasteiger partial charge in [-0.2, -0.15) is 13.2 Å². The van der Waals surface area contributed by atoms with E-state index in [2.05, 4.69) is 21.6 Å². The zero-order chi connectivity index (χ0) is 31.3. The van der Waals surface area contributed by atoms with Crippen molar-refractivity contribution >= 4 is 23.2 Å². The number of benzene rings is 4. The molecule has 0 bridgehead atoms. The number of alkyl halides is 3. The van der Waals surface area contributed by atoms with Crippen LogP contribution in [0.3, 0.4) is 0 Å². The lowest BCUT2D eigenvalue weighted by atomic mass is 9.98. The minimum Gasteiger partial charge on any atom is -0.493 e. The van der Waals surface area contributed by atoms with E-state index in [1.54, 1.807) is 38.5 Å². The smallest absolute Gasteiger partial charge is 0.417 e. The molecule has 0 atom stereocenters. The van der Waals surface area contributed by atoms with Crippen molar-refractivity contribution < 1.29 is 32.2 Å². The fraction of sp³-hybridized carbons (Fsp3) is 0.235. The van der Waals surface area contributed by atoms with Gasteiger partial charge in [-0.15, -0.1) is 0 Å². The third-order valence-electron chi connectivity index (χ3n) is 7.62. The van der Waals surface area contributed by atoms with E-state index >= 15 is 0 Å². The molecule has 1 aliphatic heterocycles. The summed E-state index contributed by atoms with van der Waals surface area (Å²) in [4.78, 5) is 28.3. The number of ether oxygens (including phenoxy) is 2. The topological polar surface area (TPSA) is 79.9 Å². The zero-order valence-electron chi connectivity index (χ0n) is 24.3. The van der Waals surface area contributed by atoms with Crippen molar-refractivity contribution in [2.45, 2.75) is 25.6 Å². The van der Waals surface area contributed by atoms with Crippen molar-refractivity contribution in [2.75, 3.05) is 37.9 Å². The zero-order valence-corrected chi connectivity index (χ0v) is 24.3. The maximum atomic E-state index is 13.4. The highest BCUT2D eigenvalue weighted by Gasteiger charge is 2.35. The third kappa shape index (κ3) is 7.03. The molecule has 228 valence electrons. The molecular formula is C34H32F3N3O4. The highest BCUT2D eigenvalue weighted by molar-refractivity contribution is 6.12. The van der Waals surface area contributed by atoms with E-state index in [1.807, 2.05) is 18.2 Å². The van der Waals surface area contributed by atoms with Crippen LogP contribution in [-0.4, -0.2) is 44.0 Å². The van der Waals surface area contributed by atoms with Gasteiger partial charge in [0, 0.05) is 25.3 Å². The molecule has 0 aromatic heterocycles. The number of para-hydroxylation sites is 1. The van der Waals surface area contributed by atoms with Crippen molar-refractivity contribution in [1.29, 1.82) is 0 Å². The molecule has 1 heterocycles. The Hall–Kier alpha value is -4.83. The second kappa shape index (κ2) is 13.2. The summed E-state index contributed by atoms with van der Waals surface area (Å²) in [7, 11) is 3.27. The van der Waals surface area contributed by atoms with E-state index < -0.39 is 29.1 Å².